The van der Waals surface area contributed by atoms with Crippen LogP contribution in [0.4, 0.5) is 0 Å². The van der Waals surface area contributed by atoms with Crippen molar-refractivity contribution in [2.45, 2.75) is 40.5 Å². The second-order valence-corrected chi connectivity index (χ2v) is 5.15. The van der Waals surface area contributed by atoms with E-state index in [1.807, 2.05) is 0 Å². The normalized spacial score (nSPS) is 13.7. The standard InChI is InChI=1S/C12H25NO2/c1-10(12(2,3)4)9-13-8-6-7-11(14)15-5/h10,13H,6-9H2,1-5H3. The summed E-state index contributed by atoms with van der Waals surface area (Å²) in [6.07, 6.45) is 1.36. The van der Waals surface area contributed by atoms with Crippen molar-refractivity contribution in [1.29, 1.82) is 0 Å². The Labute approximate surface area is 93.6 Å². The molecule has 0 aromatic carbocycles. The average molecular weight is 215 g/mol. The molecule has 0 aliphatic heterocycles. The number of hydrogen-bond acceptors (Lipinski definition) is 3. The highest BCUT2D eigenvalue weighted by Gasteiger charge is 2.18. The Balaban J connectivity index is 3.43. The minimum Gasteiger partial charge on any atom is -0.469 e. The van der Waals surface area contributed by atoms with E-state index in [1.165, 1.54) is 7.11 Å². The van der Waals surface area contributed by atoms with Crippen LogP contribution in [0.25, 0.3) is 0 Å². The van der Waals surface area contributed by atoms with Gasteiger partial charge >= 0.3 is 5.97 Å². The Hall–Kier alpha value is -0.570. The fraction of sp³-hybridized carbons (Fsp3) is 0.917. The van der Waals surface area contributed by atoms with Crippen molar-refractivity contribution in [2.24, 2.45) is 11.3 Å². The summed E-state index contributed by atoms with van der Waals surface area (Å²) in [6.45, 7) is 10.9. The van der Waals surface area contributed by atoms with Gasteiger partial charge in [0.1, 0.15) is 0 Å². The van der Waals surface area contributed by atoms with E-state index in [0.29, 0.717) is 17.8 Å². The summed E-state index contributed by atoms with van der Waals surface area (Å²) in [5, 5.41) is 3.36. The first-order valence-electron chi connectivity index (χ1n) is 5.65. The second-order valence-electron chi connectivity index (χ2n) is 5.15. The molecule has 0 aromatic heterocycles. The van der Waals surface area contributed by atoms with Crippen LogP contribution in [-0.2, 0) is 9.53 Å². The Bertz CT molecular complexity index is 185. The van der Waals surface area contributed by atoms with E-state index in [1.54, 1.807) is 0 Å². The topological polar surface area (TPSA) is 38.3 Å². The molecule has 0 radical (unpaired) electrons. The number of carbonyl (C=O) groups is 1. The van der Waals surface area contributed by atoms with Crippen molar-refractivity contribution < 1.29 is 9.53 Å². The molecule has 1 atom stereocenters. The molecule has 0 bridgehead atoms. The fourth-order valence-corrected chi connectivity index (χ4v) is 1.08. The summed E-state index contributed by atoms with van der Waals surface area (Å²) in [5.74, 6) is 0.510. The van der Waals surface area contributed by atoms with Crippen LogP contribution in [0.2, 0.25) is 0 Å². The second kappa shape index (κ2) is 6.83. The lowest BCUT2D eigenvalue weighted by molar-refractivity contribution is -0.140. The van der Waals surface area contributed by atoms with Crippen LogP contribution in [0, 0.1) is 11.3 Å². The summed E-state index contributed by atoms with van der Waals surface area (Å²) in [4.78, 5) is 10.8. The van der Waals surface area contributed by atoms with Gasteiger partial charge in [-0.25, -0.2) is 0 Å². The molecule has 1 unspecified atom stereocenters. The molecule has 0 heterocycles. The highest BCUT2D eigenvalue weighted by Crippen LogP contribution is 2.24. The van der Waals surface area contributed by atoms with Gasteiger partial charge in [-0.3, -0.25) is 4.79 Å². The van der Waals surface area contributed by atoms with E-state index in [4.69, 9.17) is 0 Å². The number of carbonyl (C=O) groups excluding carboxylic acids is 1. The van der Waals surface area contributed by atoms with Gasteiger partial charge in [-0.1, -0.05) is 27.7 Å². The molecule has 0 amide bonds. The van der Waals surface area contributed by atoms with Crippen LogP contribution >= 0.6 is 0 Å². The Morgan fingerprint density at radius 3 is 2.47 bits per heavy atom. The van der Waals surface area contributed by atoms with Crippen LogP contribution in [0.5, 0.6) is 0 Å². The third-order valence-corrected chi connectivity index (χ3v) is 2.89. The molecule has 15 heavy (non-hydrogen) atoms. The number of hydrogen-bond donors (Lipinski definition) is 1. The highest BCUT2D eigenvalue weighted by atomic mass is 16.5. The Kier molecular flexibility index (Phi) is 6.57. The molecule has 0 saturated heterocycles. The molecule has 90 valence electrons. The molecule has 1 N–H and O–H groups in total. The van der Waals surface area contributed by atoms with Crippen molar-refractivity contribution in [1.82, 2.24) is 5.32 Å². The summed E-state index contributed by atoms with van der Waals surface area (Å²) in [7, 11) is 1.43. The molecule has 0 rings (SSSR count). The first-order chi connectivity index (χ1) is 6.88. The monoisotopic (exact) mass is 215 g/mol. The Morgan fingerprint density at radius 1 is 1.40 bits per heavy atom. The lowest BCUT2D eigenvalue weighted by Gasteiger charge is -2.27. The summed E-state index contributed by atoms with van der Waals surface area (Å²) >= 11 is 0. The van der Waals surface area contributed by atoms with Gasteiger partial charge in [0.2, 0.25) is 0 Å². The van der Waals surface area contributed by atoms with Gasteiger partial charge in [0.25, 0.3) is 0 Å². The number of esters is 1. The summed E-state index contributed by atoms with van der Waals surface area (Å²) in [5.41, 5.74) is 0.343. The SMILES string of the molecule is COC(=O)CCCNCC(C)C(C)(C)C. The lowest BCUT2D eigenvalue weighted by atomic mass is 9.82. The number of rotatable bonds is 6. The highest BCUT2D eigenvalue weighted by molar-refractivity contribution is 5.68. The summed E-state index contributed by atoms with van der Waals surface area (Å²) in [6, 6.07) is 0. The van der Waals surface area contributed by atoms with E-state index < -0.39 is 0 Å². The van der Waals surface area contributed by atoms with Gasteiger partial charge < -0.3 is 10.1 Å². The molecular weight excluding hydrogens is 190 g/mol. The van der Waals surface area contributed by atoms with E-state index in [0.717, 1.165) is 19.5 Å². The van der Waals surface area contributed by atoms with Crippen LogP contribution in [0.15, 0.2) is 0 Å². The molecule has 0 aliphatic rings. The number of nitrogens with one attached hydrogen (secondary N) is 1. The minimum absolute atomic E-state index is 0.124. The van der Waals surface area contributed by atoms with Crippen LogP contribution < -0.4 is 5.32 Å². The predicted octanol–water partition coefficient (Wildman–Crippen LogP) is 2.21. The Morgan fingerprint density at radius 2 is 2.00 bits per heavy atom. The number of ether oxygens (including phenoxy) is 1. The van der Waals surface area contributed by atoms with Gasteiger partial charge in [0.15, 0.2) is 0 Å². The average Bonchev–Trinajstić information content (AvgIpc) is 2.15. The van der Waals surface area contributed by atoms with Gasteiger partial charge in [0.05, 0.1) is 7.11 Å². The molecular formula is C12H25NO2. The zero-order valence-corrected chi connectivity index (χ0v) is 10.7. The molecule has 0 aliphatic carbocycles. The maximum Gasteiger partial charge on any atom is 0.305 e. The molecule has 3 nitrogen and oxygen atoms in total. The maximum absolute atomic E-state index is 10.8. The van der Waals surface area contributed by atoms with Crippen molar-refractivity contribution in [2.75, 3.05) is 20.2 Å². The van der Waals surface area contributed by atoms with Crippen LogP contribution in [0.3, 0.4) is 0 Å². The van der Waals surface area contributed by atoms with Gasteiger partial charge in [-0.2, -0.15) is 0 Å². The van der Waals surface area contributed by atoms with Crippen LogP contribution in [-0.4, -0.2) is 26.2 Å². The van der Waals surface area contributed by atoms with Crippen LogP contribution in [0.1, 0.15) is 40.5 Å². The molecule has 3 heteroatoms. The number of methoxy groups -OCH3 is 1. The predicted molar refractivity (Wildman–Crippen MR) is 62.7 cm³/mol. The fourth-order valence-electron chi connectivity index (χ4n) is 1.08. The first kappa shape index (κ1) is 14.4. The molecule has 0 saturated carbocycles. The van der Waals surface area contributed by atoms with Gasteiger partial charge in [-0.05, 0) is 30.8 Å². The maximum atomic E-state index is 10.8. The zero-order chi connectivity index (χ0) is 11.9. The lowest BCUT2D eigenvalue weighted by Crippen LogP contribution is -2.30. The first-order valence-corrected chi connectivity index (χ1v) is 5.65. The van der Waals surface area contributed by atoms with Gasteiger partial charge in [0, 0.05) is 6.42 Å². The zero-order valence-electron chi connectivity index (χ0n) is 10.7. The molecule has 0 aromatic rings. The van der Waals surface area contributed by atoms with Crippen molar-refractivity contribution >= 4 is 5.97 Å². The van der Waals surface area contributed by atoms with Gasteiger partial charge in [-0.15, -0.1) is 0 Å². The van der Waals surface area contributed by atoms with E-state index >= 15 is 0 Å². The summed E-state index contributed by atoms with van der Waals surface area (Å²) < 4.78 is 4.57. The molecule has 0 spiro atoms. The van der Waals surface area contributed by atoms with Crippen molar-refractivity contribution in [3.8, 4) is 0 Å². The third kappa shape index (κ3) is 7.37. The largest absolute Gasteiger partial charge is 0.469 e. The van der Waals surface area contributed by atoms with E-state index in [9.17, 15) is 4.79 Å². The minimum atomic E-state index is -0.124. The smallest absolute Gasteiger partial charge is 0.305 e. The third-order valence-electron chi connectivity index (χ3n) is 2.89. The van der Waals surface area contributed by atoms with Crippen molar-refractivity contribution in [3.63, 3.8) is 0 Å². The van der Waals surface area contributed by atoms with E-state index in [-0.39, 0.29) is 5.97 Å². The quantitative estimate of drug-likeness (QED) is 0.545. The van der Waals surface area contributed by atoms with Crippen molar-refractivity contribution in [3.05, 3.63) is 0 Å². The van der Waals surface area contributed by atoms with E-state index in [2.05, 4.69) is 37.7 Å². The molecule has 0 fully saturated rings.